The summed E-state index contributed by atoms with van der Waals surface area (Å²) in [7, 11) is 0. The number of halogens is 1. The van der Waals surface area contributed by atoms with Gasteiger partial charge >= 0.3 is 0 Å². The summed E-state index contributed by atoms with van der Waals surface area (Å²) in [6.07, 6.45) is -0.918. The zero-order valence-electron chi connectivity index (χ0n) is 16.1. The van der Waals surface area contributed by atoms with Crippen LogP contribution in [0.4, 0.5) is 11.4 Å². The van der Waals surface area contributed by atoms with E-state index < -0.39 is 96.6 Å². The van der Waals surface area contributed by atoms with Gasteiger partial charge in [-0.15, -0.1) is 0 Å². The van der Waals surface area contributed by atoms with E-state index in [2.05, 4.69) is 0 Å². The first-order chi connectivity index (χ1) is 14.8. The monoisotopic (exact) mass is 465 g/mol. The predicted molar refractivity (Wildman–Crippen MR) is 107 cm³/mol. The van der Waals surface area contributed by atoms with E-state index in [4.69, 9.17) is 23.1 Å². The van der Waals surface area contributed by atoms with Crippen molar-refractivity contribution in [3.8, 4) is 5.75 Å². The number of nitro groups is 1. The molecule has 0 spiro atoms. The molecule has 12 nitrogen and oxygen atoms in total. The minimum atomic E-state index is -2.73. The van der Waals surface area contributed by atoms with Crippen LogP contribution in [0.25, 0.3) is 5.76 Å². The Balaban J connectivity index is 2.00. The van der Waals surface area contributed by atoms with Crippen LogP contribution in [-0.2, 0) is 20.8 Å². The number of rotatable bonds is 2. The predicted octanol–water partition coefficient (Wildman–Crippen LogP) is 0.568. The number of phenols is 1. The van der Waals surface area contributed by atoms with E-state index in [1.54, 1.807) is 0 Å². The van der Waals surface area contributed by atoms with E-state index in [9.17, 15) is 44.9 Å². The lowest BCUT2D eigenvalue weighted by Gasteiger charge is -2.45. The van der Waals surface area contributed by atoms with Crippen molar-refractivity contribution in [1.29, 1.82) is 0 Å². The smallest absolute Gasteiger partial charge is 0.294 e. The van der Waals surface area contributed by atoms with E-state index in [0.29, 0.717) is 0 Å². The van der Waals surface area contributed by atoms with E-state index in [-0.39, 0.29) is 18.4 Å². The third kappa shape index (κ3) is 2.50. The van der Waals surface area contributed by atoms with Gasteiger partial charge in [0.2, 0.25) is 5.78 Å². The maximum atomic E-state index is 13.3. The van der Waals surface area contributed by atoms with Crippen molar-refractivity contribution in [2.24, 2.45) is 17.6 Å². The van der Waals surface area contributed by atoms with Gasteiger partial charge in [0.15, 0.2) is 17.1 Å². The van der Waals surface area contributed by atoms with E-state index >= 15 is 0 Å². The topological polar surface area (TPSA) is 227 Å². The normalized spacial score (nSPS) is 27.1. The zero-order chi connectivity index (χ0) is 23.9. The largest absolute Gasteiger partial charge is 0.508 e. The molecule has 168 valence electrons. The average Bonchev–Trinajstić information content (AvgIpc) is 2.68. The Labute approximate surface area is 183 Å². The summed E-state index contributed by atoms with van der Waals surface area (Å²) in [5, 5.41) is 53.9. The maximum absolute atomic E-state index is 13.3. The standard InChI is InChI=1S/C19H16ClN3O9/c20-11-12(21)15(26)9-6(13(11)23(31)32)2-4-1-5-3-7(24)10(18(22)29)17(28)19(5,30)16(27)8(4)14(9)25/h4-5,25-26,28,30H,1-3,21H2,(H2,22,29)/t4-,5+,19+/m1/s1. The summed E-state index contributed by atoms with van der Waals surface area (Å²) in [6.45, 7) is 0. The van der Waals surface area contributed by atoms with Crippen molar-refractivity contribution >= 4 is 46.2 Å². The van der Waals surface area contributed by atoms with Gasteiger partial charge < -0.3 is 31.9 Å². The van der Waals surface area contributed by atoms with Crippen LogP contribution >= 0.6 is 11.6 Å². The number of nitrogens with two attached hydrogens (primary N) is 2. The van der Waals surface area contributed by atoms with Crippen molar-refractivity contribution in [3.63, 3.8) is 0 Å². The Hall–Kier alpha value is -3.64. The molecule has 4 rings (SSSR count). The molecule has 1 aromatic carbocycles. The summed E-state index contributed by atoms with van der Waals surface area (Å²) < 4.78 is 0. The fourth-order valence-electron chi connectivity index (χ4n) is 4.91. The van der Waals surface area contributed by atoms with Gasteiger partial charge in [0, 0.05) is 23.5 Å². The minimum Gasteiger partial charge on any atom is -0.508 e. The second kappa shape index (κ2) is 6.68. The molecule has 0 saturated heterocycles. The molecule has 13 heteroatoms. The number of amides is 1. The van der Waals surface area contributed by atoms with Gasteiger partial charge in [-0.2, -0.15) is 0 Å². The number of Topliss-reactive ketones (excluding diaryl/α,β-unsaturated/α-hetero) is 2. The van der Waals surface area contributed by atoms with E-state index in [1.165, 1.54) is 0 Å². The molecule has 0 radical (unpaired) electrons. The van der Waals surface area contributed by atoms with Gasteiger partial charge in [-0.1, -0.05) is 11.6 Å². The number of aliphatic hydroxyl groups is 3. The number of hydrogen-bond acceptors (Lipinski definition) is 10. The van der Waals surface area contributed by atoms with Crippen molar-refractivity contribution in [2.75, 3.05) is 5.73 Å². The number of phenolic OH excluding ortho intramolecular Hbond substituents is 1. The van der Waals surface area contributed by atoms with Gasteiger partial charge in [-0.25, -0.2) is 0 Å². The highest BCUT2D eigenvalue weighted by Crippen LogP contribution is 2.55. The molecule has 0 unspecified atom stereocenters. The highest BCUT2D eigenvalue weighted by Gasteiger charge is 2.60. The molecule has 0 aliphatic heterocycles. The van der Waals surface area contributed by atoms with Gasteiger partial charge in [0.05, 0.1) is 10.5 Å². The number of anilines is 1. The molecule has 3 aliphatic rings. The van der Waals surface area contributed by atoms with Crippen LogP contribution in [0.3, 0.4) is 0 Å². The van der Waals surface area contributed by atoms with Crippen LogP contribution in [0.5, 0.6) is 5.75 Å². The summed E-state index contributed by atoms with van der Waals surface area (Å²) in [6, 6.07) is 0. The Morgan fingerprint density at radius 3 is 2.41 bits per heavy atom. The molecule has 32 heavy (non-hydrogen) atoms. The number of hydrogen-bond donors (Lipinski definition) is 6. The van der Waals surface area contributed by atoms with Crippen molar-refractivity contribution in [1.82, 2.24) is 0 Å². The van der Waals surface area contributed by atoms with Gasteiger partial charge in [0.1, 0.15) is 27.8 Å². The number of nitrogens with zero attached hydrogens (tertiary/aromatic N) is 1. The number of nitrogen functional groups attached to an aromatic ring is 1. The number of nitro benzene ring substituents is 1. The summed E-state index contributed by atoms with van der Waals surface area (Å²) in [5.74, 6) is -8.44. The first kappa shape index (κ1) is 21.6. The molecule has 1 aromatic rings. The van der Waals surface area contributed by atoms with E-state index in [0.717, 1.165) is 0 Å². The number of aliphatic hydroxyl groups excluding tert-OH is 2. The molecule has 0 heterocycles. The second-order valence-electron chi connectivity index (χ2n) is 7.94. The lowest BCUT2D eigenvalue weighted by molar-refractivity contribution is -0.385. The third-order valence-electron chi connectivity index (χ3n) is 6.36. The number of carbonyl (C=O) groups is 3. The lowest BCUT2D eigenvalue weighted by atomic mass is 9.59. The Kier molecular flexibility index (Phi) is 4.50. The molecule has 1 fully saturated rings. The molecule has 8 N–H and O–H groups in total. The second-order valence-corrected chi connectivity index (χ2v) is 8.32. The summed E-state index contributed by atoms with van der Waals surface area (Å²) in [4.78, 5) is 48.0. The molecular weight excluding hydrogens is 450 g/mol. The molecule has 1 saturated carbocycles. The van der Waals surface area contributed by atoms with Crippen LogP contribution in [0, 0.1) is 22.0 Å². The van der Waals surface area contributed by atoms with Gasteiger partial charge in [-0.3, -0.25) is 24.5 Å². The Morgan fingerprint density at radius 1 is 1.22 bits per heavy atom. The fraction of sp³-hybridized carbons (Fsp3) is 0.316. The first-order valence-electron chi connectivity index (χ1n) is 9.28. The fourth-order valence-corrected chi connectivity index (χ4v) is 5.19. The highest BCUT2D eigenvalue weighted by atomic mass is 35.5. The van der Waals surface area contributed by atoms with Crippen LogP contribution in [0.1, 0.15) is 24.0 Å². The Morgan fingerprint density at radius 2 is 1.84 bits per heavy atom. The number of ketones is 2. The van der Waals surface area contributed by atoms with E-state index in [1.807, 2.05) is 0 Å². The molecule has 3 aliphatic carbocycles. The number of fused-ring (bicyclic) bond motifs is 3. The SMILES string of the molecule is NC(=O)C1=C(O)[C@@]2(O)C(=O)C3=C(O)c4c(O)c(N)c(Cl)c([N+](=O)[O-])c4C[C@H]3C[C@H]2CC1=O. The van der Waals surface area contributed by atoms with Crippen molar-refractivity contribution in [2.45, 2.75) is 24.9 Å². The average molecular weight is 466 g/mol. The molecule has 0 aromatic heterocycles. The number of aromatic hydroxyl groups is 1. The summed E-state index contributed by atoms with van der Waals surface area (Å²) in [5.41, 5.74) is 4.75. The molecular formula is C19H16ClN3O9. The van der Waals surface area contributed by atoms with Crippen LogP contribution in [-0.4, -0.2) is 48.4 Å². The molecule has 1 amide bonds. The number of benzene rings is 1. The number of carbonyl (C=O) groups excluding carboxylic acids is 3. The first-order valence-corrected chi connectivity index (χ1v) is 9.66. The molecule has 0 bridgehead atoms. The van der Waals surface area contributed by atoms with Gasteiger partial charge in [-0.05, 0) is 18.8 Å². The maximum Gasteiger partial charge on any atom is 0.294 e. The van der Waals surface area contributed by atoms with Crippen LogP contribution in [0.2, 0.25) is 5.02 Å². The van der Waals surface area contributed by atoms with Crippen molar-refractivity contribution in [3.05, 3.63) is 43.2 Å². The summed E-state index contributed by atoms with van der Waals surface area (Å²) >= 11 is 5.94. The molecule has 3 atom stereocenters. The quantitative estimate of drug-likeness (QED) is 0.117. The zero-order valence-corrected chi connectivity index (χ0v) is 16.8. The minimum absolute atomic E-state index is 0.164. The number of primary amides is 1. The van der Waals surface area contributed by atoms with Crippen LogP contribution in [0.15, 0.2) is 16.9 Å². The Bertz CT molecular complexity index is 1240. The van der Waals surface area contributed by atoms with Crippen LogP contribution < -0.4 is 11.5 Å². The van der Waals surface area contributed by atoms with Gasteiger partial charge in [0.25, 0.3) is 11.6 Å². The lowest BCUT2D eigenvalue weighted by Crippen LogP contribution is -2.58. The third-order valence-corrected chi connectivity index (χ3v) is 6.75. The highest BCUT2D eigenvalue weighted by molar-refractivity contribution is 6.36. The van der Waals surface area contributed by atoms with Crippen molar-refractivity contribution < 1.29 is 39.7 Å².